The first-order chi connectivity index (χ1) is 17.7. The fourth-order valence-electron chi connectivity index (χ4n) is 6.35. The van der Waals surface area contributed by atoms with E-state index in [1.54, 1.807) is 0 Å². The maximum absolute atomic E-state index is 13.1. The van der Waals surface area contributed by atoms with Gasteiger partial charge in [-0.3, -0.25) is 9.59 Å². The first-order valence-electron chi connectivity index (χ1n) is 13.4. The predicted octanol–water partition coefficient (Wildman–Crippen LogP) is 1.51. The zero-order chi connectivity index (χ0) is 26.2. The number of nitrogens with one attached hydrogen (secondary N) is 3. The Hall–Kier alpha value is -2.71. The van der Waals surface area contributed by atoms with Crippen LogP contribution in [0.2, 0.25) is 0 Å². The number of hydrogen-bond donors (Lipinski definition) is 4. The van der Waals surface area contributed by atoms with Crippen LogP contribution in [0.1, 0.15) is 61.4 Å². The maximum Gasteiger partial charge on any atom is 0.254 e. The zero-order valence-electron chi connectivity index (χ0n) is 21.8. The van der Waals surface area contributed by atoms with Crippen LogP contribution in [0, 0.1) is 24.2 Å². The lowest BCUT2D eigenvalue weighted by Crippen LogP contribution is -2.61. The summed E-state index contributed by atoms with van der Waals surface area (Å²) in [5.74, 6) is -0.349. The van der Waals surface area contributed by atoms with Crippen LogP contribution in [0.3, 0.4) is 0 Å². The average molecular weight is 511 g/mol. The number of likely N-dealkylation sites (tertiary alicyclic amines) is 1. The van der Waals surface area contributed by atoms with Crippen LogP contribution in [0.4, 0.5) is 5.69 Å². The monoisotopic (exact) mass is 510 g/mol. The minimum atomic E-state index is -0.708. The lowest BCUT2D eigenvalue weighted by molar-refractivity contribution is -0.130. The van der Waals surface area contributed by atoms with E-state index in [4.69, 9.17) is 4.74 Å². The standard InChI is InChI=1S/C27H38N6O4/c1-18-16-19(4-5-20(18)25(35)32-13-9-26(2,36)10-14-32)30-23-22-21(6-12-29-24(22)34)33(31-23)27(8-11-28)7-3-15-37-17-27/h4-5,16,21-23,30-31,36H,3,6-10,12-15,17H2,1-2H3,(H,29,34)/t21?,22?,23?,27-/m0/s1. The lowest BCUT2D eigenvalue weighted by Gasteiger charge is -2.46. The fourth-order valence-corrected chi connectivity index (χ4v) is 6.35. The van der Waals surface area contributed by atoms with Crippen molar-refractivity contribution >= 4 is 17.5 Å². The maximum atomic E-state index is 13.1. The minimum absolute atomic E-state index is 0.00270. The van der Waals surface area contributed by atoms with Crippen LogP contribution in [0.15, 0.2) is 18.2 Å². The number of nitrogens with zero attached hydrogens (tertiary/aromatic N) is 3. The normalized spacial score (nSPS) is 31.8. The highest BCUT2D eigenvalue weighted by atomic mass is 16.5. The Kier molecular flexibility index (Phi) is 7.16. The van der Waals surface area contributed by atoms with Gasteiger partial charge in [0.2, 0.25) is 5.91 Å². The van der Waals surface area contributed by atoms with Gasteiger partial charge in [-0.25, -0.2) is 10.4 Å². The fraction of sp³-hybridized carbons (Fsp3) is 0.667. The Balaban J connectivity index is 1.34. The Morgan fingerprint density at radius 2 is 2.11 bits per heavy atom. The third kappa shape index (κ3) is 5.06. The first kappa shape index (κ1) is 25.9. The van der Waals surface area contributed by atoms with E-state index in [0.29, 0.717) is 57.7 Å². The van der Waals surface area contributed by atoms with Gasteiger partial charge in [0, 0.05) is 43.5 Å². The summed E-state index contributed by atoms with van der Waals surface area (Å²) in [6.07, 6.45) is 3.64. The summed E-state index contributed by atoms with van der Waals surface area (Å²) in [5.41, 5.74) is 4.71. The van der Waals surface area contributed by atoms with Gasteiger partial charge in [-0.15, -0.1) is 0 Å². The molecule has 4 fully saturated rings. The van der Waals surface area contributed by atoms with Crippen molar-refractivity contribution in [3.05, 3.63) is 29.3 Å². The number of ether oxygens (including phenoxy) is 1. The molecule has 0 bridgehead atoms. The van der Waals surface area contributed by atoms with Crippen LogP contribution in [-0.2, 0) is 9.53 Å². The van der Waals surface area contributed by atoms with Crippen LogP contribution in [0.25, 0.3) is 0 Å². The molecule has 200 valence electrons. The van der Waals surface area contributed by atoms with Gasteiger partial charge in [0.05, 0.1) is 36.2 Å². The molecule has 10 nitrogen and oxygen atoms in total. The number of fused-ring (bicyclic) bond motifs is 1. The lowest BCUT2D eigenvalue weighted by atomic mass is 9.84. The molecule has 4 heterocycles. The number of carbonyl (C=O) groups excluding carboxylic acids is 2. The number of hydrogen-bond acceptors (Lipinski definition) is 8. The zero-order valence-corrected chi connectivity index (χ0v) is 21.8. The summed E-state index contributed by atoms with van der Waals surface area (Å²) in [6.45, 7) is 6.59. The van der Waals surface area contributed by atoms with Crippen molar-refractivity contribution in [2.24, 2.45) is 5.92 Å². The van der Waals surface area contributed by atoms with Gasteiger partial charge in [-0.1, -0.05) is 0 Å². The topological polar surface area (TPSA) is 130 Å². The number of carbonyl (C=O) groups is 2. The van der Waals surface area contributed by atoms with Crippen molar-refractivity contribution in [2.45, 2.75) is 75.7 Å². The molecule has 10 heteroatoms. The van der Waals surface area contributed by atoms with Gasteiger partial charge in [0.25, 0.3) is 5.91 Å². The number of aliphatic hydroxyl groups is 1. The molecule has 1 aromatic carbocycles. The summed E-state index contributed by atoms with van der Waals surface area (Å²) in [6, 6.07) is 7.98. The molecule has 5 rings (SSSR count). The van der Waals surface area contributed by atoms with Crippen molar-refractivity contribution in [1.29, 1.82) is 5.26 Å². The molecule has 0 radical (unpaired) electrons. The van der Waals surface area contributed by atoms with Gasteiger partial charge in [-0.2, -0.15) is 5.26 Å². The molecule has 4 aliphatic heterocycles. The highest BCUT2D eigenvalue weighted by molar-refractivity contribution is 5.96. The number of benzene rings is 1. The van der Waals surface area contributed by atoms with E-state index in [1.807, 2.05) is 36.9 Å². The van der Waals surface area contributed by atoms with E-state index < -0.39 is 11.1 Å². The number of rotatable bonds is 5. The molecule has 4 atom stereocenters. The molecule has 4 saturated heterocycles. The summed E-state index contributed by atoms with van der Waals surface area (Å²) >= 11 is 0. The Labute approximate surface area is 218 Å². The average Bonchev–Trinajstić information content (AvgIpc) is 3.25. The smallest absolute Gasteiger partial charge is 0.254 e. The molecule has 0 saturated carbocycles. The number of hydrazine groups is 1. The molecule has 1 aromatic rings. The van der Waals surface area contributed by atoms with E-state index in [2.05, 4.69) is 27.1 Å². The number of piperidine rings is 2. The van der Waals surface area contributed by atoms with Gasteiger partial charge < -0.3 is 25.4 Å². The molecule has 2 amide bonds. The summed E-state index contributed by atoms with van der Waals surface area (Å²) < 4.78 is 5.82. The molecule has 4 N–H and O–H groups in total. The molecular formula is C27H38N6O4. The highest BCUT2D eigenvalue weighted by Crippen LogP contribution is 2.39. The number of aryl methyl sites for hydroxylation is 1. The van der Waals surface area contributed by atoms with E-state index in [1.165, 1.54) is 0 Å². The Morgan fingerprint density at radius 3 is 2.78 bits per heavy atom. The molecule has 0 aromatic heterocycles. The molecule has 3 unspecified atom stereocenters. The minimum Gasteiger partial charge on any atom is -0.390 e. The molecule has 4 aliphatic rings. The van der Waals surface area contributed by atoms with Gasteiger partial charge in [0.15, 0.2) is 0 Å². The molecule has 0 spiro atoms. The molecular weight excluding hydrogens is 472 g/mol. The second kappa shape index (κ2) is 10.2. The van der Waals surface area contributed by atoms with E-state index in [0.717, 1.165) is 30.5 Å². The van der Waals surface area contributed by atoms with Crippen LogP contribution in [0.5, 0.6) is 0 Å². The van der Waals surface area contributed by atoms with E-state index >= 15 is 0 Å². The summed E-state index contributed by atoms with van der Waals surface area (Å²) in [7, 11) is 0. The summed E-state index contributed by atoms with van der Waals surface area (Å²) in [4.78, 5) is 28.0. The molecule has 0 aliphatic carbocycles. The van der Waals surface area contributed by atoms with Crippen molar-refractivity contribution in [2.75, 3.05) is 38.2 Å². The van der Waals surface area contributed by atoms with Gasteiger partial charge in [0.1, 0.15) is 6.17 Å². The van der Waals surface area contributed by atoms with Crippen molar-refractivity contribution in [1.82, 2.24) is 20.7 Å². The van der Waals surface area contributed by atoms with Crippen LogP contribution >= 0.6 is 0 Å². The number of anilines is 1. The SMILES string of the molecule is Cc1cc(NC2NN([C@]3(CC#N)CCCOC3)C3CCNC(=O)C23)ccc1C(=O)N1CCC(C)(O)CC1. The van der Waals surface area contributed by atoms with E-state index in [9.17, 15) is 20.0 Å². The third-order valence-electron chi connectivity index (χ3n) is 8.55. The number of nitriles is 1. The van der Waals surface area contributed by atoms with Gasteiger partial charge >= 0.3 is 0 Å². The van der Waals surface area contributed by atoms with Crippen LogP contribution in [-0.4, -0.2) is 83.0 Å². The van der Waals surface area contributed by atoms with Crippen LogP contribution < -0.4 is 16.1 Å². The van der Waals surface area contributed by atoms with Crippen molar-refractivity contribution < 1.29 is 19.4 Å². The van der Waals surface area contributed by atoms with Gasteiger partial charge in [-0.05, 0) is 69.7 Å². The van der Waals surface area contributed by atoms with Crippen molar-refractivity contribution in [3.8, 4) is 6.07 Å². The third-order valence-corrected chi connectivity index (χ3v) is 8.55. The summed E-state index contributed by atoms with van der Waals surface area (Å²) in [5, 5.41) is 28.5. The van der Waals surface area contributed by atoms with Crippen molar-refractivity contribution in [3.63, 3.8) is 0 Å². The van der Waals surface area contributed by atoms with E-state index in [-0.39, 0.29) is 29.9 Å². The number of amides is 2. The molecule has 37 heavy (non-hydrogen) atoms. The second-order valence-electron chi connectivity index (χ2n) is 11.3. The Bertz CT molecular complexity index is 1070. The first-order valence-corrected chi connectivity index (χ1v) is 13.4. The second-order valence-corrected chi connectivity index (χ2v) is 11.3. The highest BCUT2D eigenvalue weighted by Gasteiger charge is 2.54. The largest absolute Gasteiger partial charge is 0.390 e. The Morgan fingerprint density at radius 1 is 1.32 bits per heavy atom. The quantitative estimate of drug-likeness (QED) is 0.469. The predicted molar refractivity (Wildman–Crippen MR) is 137 cm³/mol.